The van der Waals surface area contributed by atoms with Gasteiger partial charge in [0.25, 0.3) is 0 Å². The maximum absolute atomic E-state index is 13.1. The van der Waals surface area contributed by atoms with Crippen molar-refractivity contribution in [2.24, 2.45) is 5.41 Å². The van der Waals surface area contributed by atoms with Crippen LogP contribution >= 0.6 is 0 Å². The Bertz CT molecular complexity index is 1180. The Morgan fingerprint density at radius 3 is 2.31 bits per heavy atom. The minimum Gasteiger partial charge on any atom is -0.494 e. The van der Waals surface area contributed by atoms with E-state index in [9.17, 15) is 9.18 Å². The number of ether oxygens (including phenoxy) is 1. The fraction of sp³-hybridized carbons (Fsp3) is 0.419. The first-order chi connectivity index (χ1) is 17.3. The Morgan fingerprint density at radius 2 is 1.67 bits per heavy atom. The summed E-state index contributed by atoms with van der Waals surface area (Å²) in [6.45, 7) is 11.3. The van der Waals surface area contributed by atoms with Crippen LogP contribution in [0.25, 0.3) is 11.1 Å². The predicted octanol–water partition coefficient (Wildman–Crippen LogP) is 6.88. The average molecular weight is 489 g/mol. The maximum atomic E-state index is 13.1. The van der Waals surface area contributed by atoms with Crippen molar-refractivity contribution in [2.75, 3.05) is 24.6 Å². The number of benzene rings is 2. The molecule has 36 heavy (non-hydrogen) atoms. The van der Waals surface area contributed by atoms with Crippen LogP contribution in [0.5, 0.6) is 5.75 Å². The molecule has 5 heteroatoms. The molecule has 0 spiro atoms. The van der Waals surface area contributed by atoms with E-state index in [1.807, 2.05) is 31.2 Å². The number of halogens is 1. The zero-order valence-electron chi connectivity index (χ0n) is 21.9. The molecule has 3 aromatic rings. The molecule has 4 rings (SSSR count). The van der Waals surface area contributed by atoms with Gasteiger partial charge < -0.3 is 14.4 Å². The average Bonchev–Trinajstić information content (AvgIpc) is 2.85. The summed E-state index contributed by atoms with van der Waals surface area (Å²) in [7, 11) is 0. The summed E-state index contributed by atoms with van der Waals surface area (Å²) in [6, 6.07) is 14.8. The van der Waals surface area contributed by atoms with Crippen molar-refractivity contribution in [3.63, 3.8) is 0 Å². The smallest absolute Gasteiger partial charge is 0.124 e. The van der Waals surface area contributed by atoms with E-state index in [4.69, 9.17) is 9.72 Å². The van der Waals surface area contributed by atoms with Crippen molar-refractivity contribution < 1.29 is 13.9 Å². The molecule has 190 valence electrons. The molecule has 1 aliphatic rings. The Labute approximate surface area is 214 Å². The largest absolute Gasteiger partial charge is 0.494 e. The monoisotopic (exact) mass is 488 g/mol. The number of aldehydes is 1. The molecule has 1 fully saturated rings. The van der Waals surface area contributed by atoms with Crippen molar-refractivity contribution in [1.82, 2.24) is 4.98 Å². The van der Waals surface area contributed by atoms with Gasteiger partial charge in [-0.2, -0.15) is 0 Å². The molecular weight excluding hydrogens is 451 g/mol. The molecule has 0 atom stereocenters. The molecule has 0 aliphatic carbocycles. The number of nitrogens with zero attached hydrogens (tertiary/aromatic N) is 2. The van der Waals surface area contributed by atoms with Gasteiger partial charge in [-0.25, -0.2) is 4.39 Å². The van der Waals surface area contributed by atoms with Gasteiger partial charge in [-0.1, -0.05) is 38.1 Å². The second-order valence-corrected chi connectivity index (χ2v) is 10.6. The molecule has 2 aromatic carbocycles. The highest BCUT2D eigenvalue weighted by molar-refractivity contribution is 5.85. The van der Waals surface area contributed by atoms with Crippen LogP contribution in [0.15, 0.2) is 48.5 Å². The molecule has 0 bridgehead atoms. The molecule has 0 saturated carbocycles. The zero-order chi connectivity index (χ0) is 25.7. The van der Waals surface area contributed by atoms with Gasteiger partial charge >= 0.3 is 0 Å². The van der Waals surface area contributed by atoms with E-state index in [0.29, 0.717) is 18.4 Å². The number of pyridine rings is 1. The molecule has 0 radical (unpaired) electrons. The number of aryl methyl sites for hydroxylation is 3. The first kappa shape index (κ1) is 25.9. The third-order valence-electron chi connectivity index (χ3n) is 7.31. The van der Waals surface area contributed by atoms with Gasteiger partial charge in [0.1, 0.15) is 17.9 Å². The highest BCUT2D eigenvalue weighted by atomic mass is 19.1. The molecule has 0 N–H and O–H groups in total. The van der Waals surface area contributed by atoms with Gasteiger partial charge in [0.15, 0.2) is 0 Å². The standard InChI is InChI=1S/C31H37FN2O2/c1-22-28(15-20-35)30(34-18-16-31(3,4)17-19-34)29(23(2)33-22)25-9-13-27(14-10-25)36-21-5-6-24-7-11-26(32)12-8-24/h7-14,20H,5-6,15-19,21H2,1-4H3. The van der Waals surface area contributed by atoms with E-state index in [0.717, 1.165) is 90.1 Å². The molecule has 1 aromatic heterocycles. The molecule has 0 amide bonds. The topological polar surface area (TPSA) is 42.4 Å². The number of hydrogen-bond donors (Lipinski definition) is 0. The normalized spacial score (nSPS) is 15.1. The van der Waals surface area contributed by atoms with Gasteiger partial charge in [0, 0.05) is 42.0 Å². The number of anilines is 1. The van der Waals surface area contributed by atoms with Crippen LogP contribution < -0.4 is 9.64 Å². The lowest BCUT2D eigenvalue weighted by Crippen LogP contribution is -2.38. The first-order valence-corrected chi connectivity index (χ1v) is 12.9. The van der Waals surface area contributed by atoms with E-state index in [1.165, 1.54) is 12.1 Å². The fourth-order valence-corrected chi connectivity index (χ4v) is 5.06. The van der Waals surface area contributed by atoms with E-state index in [-0.39, 0.29) is 5.82 Å². The lowest BCUT2D eigenvalue weighted by atomic mass is 9.82. The van der Waals surface area contributed by atoms with Crippen LogP contribution in [0.4, 0.5) is 10.1 Å². The molecule has 1 saturated heterocycles. The third-order valence-corrected chi connectivity index (χ3v) is 7.31. The first-order valence-electron chi connectivity index (χ1n) is 12.9. The fourth-order valence-electron chi connectivity index (χ4n) is 5.06. The number of piperidine rings is 1. The Balaban J connectivity index is 1.53. The van der Waals surface area contributed by atoms with Crippen LogP contribution in [-0.2, 0) is 17.6 Å². The van der Waals surface area contributed by atoms with Gasteiger partial charge in [-0.15, -0.1) is 0 Å². The number of rotatable bonds is 9. The van der Waals surface area contributed by atoms with E-state index in [2.05, 4.69) is 37.8 Å². The summed E-state index contributed by atoms with van der Waals surface area (Å²) in [5.41, 5.74) is 7.76. The molecule has 0 unspecified atom stereocenters. The SMILES string of the molecule is Cc1nc(C)c(-c2ccc(OCCCc3ccc(F)cc3)cc2)c(N2CCC(C)(C)CC2)c1CC=O. The molecule has 1 aliphatic heterocycles. The summed E-state index contributed by atoms with van der Waals surface area (Å²) in [6.07, 6.45) is 5.32. The predicted molar refractivity (Wildman–Crippen MR) is 144 cm³/mol. The van der Waals surface area contributed by atoms with Crippen LogP contribution in [0.2, 0.25) is 0 Å². The van der Waals surface area contributed by atoms with Gasteiger partial charge in [0.05, 0.1) is 12.3 Å². The van der Waals surface area contributed by atoms with E-state index in [1.54, 1.807) is 0 Å². The molecule has 4 nitrogen and oxygen atoms in total. The van der Waals surface area contributed by atoms with Crippen molar-refractivity contribution in [3.8, 4) is 16.9 Å². The highest BCUT2D eigenvalue weighted by Gasteiger charge is 2.29. The van der Waals surface area contributed by atoms with Gasteiger partial charge in [-0.05, 0) is 80.3 Å². The summed E-state index contributed by atoms with van der Waals surface area (Å²) >= 11 is 0. The molecule has 2 heterocycles. The van der Waals surface area contributed by atoms with E-state index < -0.39 is 0 Å². The summed E-state index contributed by atoms with van der Waals surface area (Å²) in [5.74, 6) is 0.615. The summed E-state index contributed by atoms with van der Waals surface area (Å²) in [5, 5.41) is 0. The number of carbonyl (C=O) groups excluding carboxylic acids is 1. The number of aromatic nitrogens is 1. The minimum atomic E-state index is -0.209. The van der Waals surface area contributed by atoms with Crippen molar-refractivity contribution >= 4 is 12.0 Å². The Kier molecular flexibility index (Phi) is 8.07. The van der Waals surface area contributed by atoms with Crippen LogP contribution in [0.3, 0.4) is 0 Å². The zero-order valence-corrected chi connectivity index (χ0v) is 21.9. The lowest BCUT2D eigenvalue weighted by molar-refractivity contribution is -0.107. The second-order valence-electron chi connectivity index (χ2n) is 10.6. The van der Waals surface area contributed by atoms with E-state index >= 15 is 0 Å². The van der Waals surface area contributed by atoms with Crippen LogP contribution in [0.1, 0.15) is 55.6 Å². The summed E-state index contributed by atoms with van der Waals surface area (Å²) < 4.78 is 19.0. The van der Waals surface area contributed by atoms with Crippen LogP contribution in [0, 0.1) is 25.1 Å². The van der Waals surface area contributed by atoms with Gasteiger partial charge in [0.2, 0.25) is 0 Å². The highest BCUT2D eigenvalue weighted by Crippen LogP contribution is 2.41. The summed E-state index contributed by atoms with van der Waals surface area (Å²) in [4.78, 5) is 18.9. The van der Waals surface area contributed by atoms with Crippen molar-refractivity contribution in [3.05, 3.63) is 76.9 Å². The number of hydrogen-bond acceptors (Lipinski definition) is 4. The second kappa shape index (κ2) is 11.2. The Hall–Kier alpha value is -3.21. The number of carbonyl (C=O) groups is 1. The minimum absolute atomic E-state index is 0.209. The lowest BCUT2D eigenvalue weighted by Gasteiger charge is -2.40. The van der Waals surface area contributed by atoms with Gasteiger partial charge in [-0.3, -0.25) is 4.98 Å². The quantitative estimate of drug-likeness (QED) is 0.243. The maximum Gasteiger partial charge on any atom is 0.124 e. The molecular formula is C31H37FN2O2. The third kappa shape index (κ3) is 6.13. The van der Waals surface area contributed by atoms with Crippen molar-refractivity contribution in [1.29, 1.82) is 0 Å². The Morgan fingerprint density at radius 1 is 1.00 bits per heavy atom. The van der Waals surface area contributed by atoms with Crippen LogP contribution in [-0.4, -0.2) is 31.0 Å². The van der Waals surface area contributed by atoms with Crippen molar-refractivity contribution in [2.45, 2.75) is 59.8 Å².